The molecule has 1 saturated carbocycles. The number of halogens is 1. The minimum Gasteiger partial charge on any atom is -0.375 e. The molecule has 1 fully saturated rings. The van der Waals surface area contributed by atoms with Gasteiger partial charge in [0.25, 0.3) is 0 Å². The second-order valence-electron chi connectivity index (χ2n) is 5.25. The molecule has 0 bridgehead atoms. The van der Waals surface area contributed by atoms with Crippen molar-refractivity contribution in [2.45, 2.75) is 52.2 Å². The lowest BCUT2D eigenvalue weighted by atomic mass is 10.2. The third-order valence-electron chi connectivity index (χ3n) is 3.15. The monoisotopic (exact) mass is 300 g/mol. The maximum absolute atomic E-state index is 5.63. The van der Waals surface area contributed by atoms with Crippen molar-refractivity contribution in [3.8, 4) is 0 Å². The third-order valence-corrected chi connectivity index (χ3v) is 3.81. The zero-order valence-corrected chi connectivity index (χ0v) is 12.2. The number of nitrogens with zero attached hydrogens (tertiary/aromatic N) is 2. The number of rotatable bonds is 5. The van der Waals surface area contributed by atoms with Crippen molar-refractivity contribution >= 4 is 15.9 Å². The summed E-state index contributed by atoms with van der Waals surface area (Å²) < 4.78 is 8.83. The van der Waals surface area contributed by atoms with Crippen molar-refractivity contribution in [2.75, 3.05) is 6.61 Å². The Bertz CT molecular complexity index is 356. The molecule has 1 aliphatic carbocycles. The van der Waals surface area contributed by atoms with Gasteiger partial charge in [-0.15, -0.1) is 0 Å². The fraction of sp³-hybridized carbons (Fsp3) is 0.769. The first-order valence-electron chi connectivity index (χ1n) is 6.48. The molecule has 0 amide bonds. The molecule has 0 aromatic carbocycles. The molecule has 1 aromatic heterocycles. The van der Waals surface area contributed by atoms with E-state index in [4.69, 9.17) is 4.74 Å². The molecular formula is C13H21BrN2O. The molecule has 1 aromatic rings. The van der Waals surface area contributed by atoms with E-state index in [-0.39, 0.29) is 0 Å². The third kappa shape index (κ3) is 3.55. The van der Waals surface area contributed by atoms with Crippen LogP contribution in [-0.4, -0.2) is 16.4 Å². The average Bonchev–Trinajstić information content (AvgIpc) is 2.87. The molecule has 0 unspecified atom stereocenters. The molecule has 17 heavy (non-hydrogen) atoms. The average molecular weight is 301 g/mol. The summed E-state index contributed by atoms with van der Waals surface area (Å²) >= 11 is 3.57. The van der Waals surface area contributed by atoms with Crippen LogP contribution in [0.1, 0.15) is 51.3 Å². The van der Waals surface area contributed by atoms with Gasteiger partial charge in [0.05, 0.1) is 17.1 Å². The Morgan fingerprint density at radius 1 is 1.47 bits per heavy atom. The number of aromatic nitrogens is 2. The van der Waals surface area contributed by atoms with Crippen molar-refractivity contribution in [3.63, 3.8) is 0 Å². The van der Waals surface area contributed by atoms with Crippen molar-refractivity contribution in [1.82, 2.24) is 9.78 Å². The lowest BCUT2D eigenvalue weighted by Gasteiger charge is -2.09. The normalized spacial score (nSPS) is 17.2. The van der Waals surface area contributed by atoms with Crippen molar-refractivity contribution < 1.29 is 4.74 Å². The fourth-order valence-corrected chi connectivity index (χ4v) is 2.66. The van der Waals surface area contributed by atoms with E-state index in [0.717, 1.165) is 16.8 Å². The highest BCUT2D eigenvalue weighted by Crippen LogP contribution is 2.30. The largest absolute Gasteiger partial charge is 0.375 e. The van der Waals surface area contributed by atoms with E-state index in [1.54, 1.807) is 0 Å². The highest BCUT2D eigenvalue weighted by molar-refractivity contribution is 9.10. The number of hydrogen-bond donors (Lipinski definition) is 0. The molecule has 1 heterocycles. The van der Waals surface area contributed by atoms with Crippen LogP contribution in [0.15, 0.2) is 10.7 Å². The van der Waals surface area contributed by atoms with Crippen LogP contribution in [0.4, 0.5) is 0 Å². The molecule has 3 nitrogen and oxygen atoms in total. The van der Waals surface area contributed by atoms with Gasteiger partial charge in [0.2, 0.25) is 0 Å². The van der Waals surface area contributed by atoms with Crippen LogP contribution >= 0.6 is 15.9 Å². The van der Waals surface area contributed by atoms with E-state index in [1.165, 1.54) is 25.7 Å². The smallest absolute Gasteiger partial charge is 0.102 e. The summed E-state index contributed by atoms with van der Waals surface area (Å²) in [5, 5.41) is 4.63. The first-order chi connectivity index (χ1) is 8.16. The lowest BCUT2D eigenvalue weighted by molar-refractivity contribution is 0.0939. The maximum Gasteiger partial charge on any atom is 0.102 e. The van der Waals surface area contributed by atoms with E-state index in [2.05, 4.69) is 45.8 Å². The fourth-order valence-electron chi connectivity index (χ4n) is 2.25. The lowest BCUT2D eigenvalue weighted by Crippen LogP contribution is -2.07. The Hall–Kier alpha value is -0.350. The molecule has 0 atom stereocenters. The molecule has 1 aliphatic rings. The van der Waals surface area contributed by atoms with Gasteiger partial charge < -0.3 is 4.74 Å². The zero-order chi connectivity index (χ0) is 12.3. The first kappa shape index (κ1) is 13.1. The summed E-state index contributed by atoms with van der Waals surface area (Å²) in [5.74, 6) is 0.575. The second kappa shape index (κ2) is 6.01. The highest BCUT2D eigenvalue weighted by Gasteiger charge is 2.19. The summed E-state index contributed by atoms with van der Waals surface area (Å²) in [7, 11) is 0. The summed E-state index contributed by atoms with van der Waals surface area (Å²) in [4.78, 5) is 0. The topological polar surface area (TPSA) is 27.1 Å². The Balaban J connectivity index is 1.93. The van der Waals surface area contributed by atoms with Gasteiger partial charge in [-0.3, -0.25) is 4.68 Å². The van der Waals surface area contributed by atoms with Crippen molar-refractivity contribution in [1.29, 1.82) is 0 Å². The van der Waals surface area contributed by atoms with E-state index in [9.17, 15) is 0 Å². The molecule has 0 radical (unpaired) electrons. The van der Waals surface area contributed by atoms with Gasteiger partial charge in [0.1, 0.15) is 5.69 Å². The quantitative estimate of drug-likeness (QED) is 0.824. The molecule has 96 valence electrons. The first-order valence-corrected chi connectivity index (χ1v) is 7.27. The molecule has 4 heteroatoms. The second-order valence-corrected chi connectivity index (χ2v) is 6.11. The zero-order valence-electron chi connectivity index (χ0n) is 10.7. The Labute approximate surface area is 112 Å². The van der Waals surface area contributed by atoms with Crippen LogP contribution in [0.5, 0.6) is 0 Å². The van der Waals surface area contributed by atoms with E-state index < -0.39 is 0 Å². The van der Waals surface area contributed by atoms with Crippen LogP contribution in [0.3, 0.4) is 0 Å². The highest BCUT2D eigenvalue weighted by atomic mass is 79.9. The molecule has 2 rings (SSSR count). The maximum atomic E-state index is 5.63. The van der Waals surface area contributed by atoms with Gasteiger partial charge in [-0.1, -0.05) is 26.7 Å². The van der Waals surface area contributed by atoms with Crippen LogP contribution in [0.2, 0.25) is 0 Å². The van der Waals surface area contributed by atoms with Gasteiger partial charge in [-0.25, -0.2) is 0 Å². The van der Waals surface area contributed by atoms with E-state index >= 15 is 0 Å². The Morgan fingerprint density at radius 3 is 2.82 bits per heavy atom. The molecule has 0 aliphatic heterocycles. The predicted molar refractivity (Wildman–Crippen MR) is 71.9 cm³/mol. The minimum atomic E-state index is 0.575. The van der Waals surface area contributed by atoms with Crippen LogP contribution in [-0.2, 0) is 11.3 Å². The van der Waals surface area contributed by atoms with Gasteiger partial charge in [-0.05, 0) is 34.7 Å². The van der Waals surface area contributed by atoms with Crippen LogP contribution < -0.4 is 0 Å². The van der Waals surface area contributed by atoms with Crippen LogP contribution in [0, 0.1) is 5.92 Å². The number of ether oxygens (including phenoxy) is 1. The van der Waals surface area contributed by atoms with Gasteiger partial charge >= 0.3 is 0 Å². The molecule has 0 N–H and O–H groups in total. The molecule has 0 saturated heterocycles. The van der Waals surface area contributed by atoms with Crippen molar-refractivity contribution in [2.24, 2.45) is 5.92 Å². The van der Waals surface area contributed by atoms with Crippen LogP contribution in [0.25, 0.3) is 0 Å². The number of hydrogen-bond acceptors (Lipinski definition) is 2. The molecule has 0 spiro atoms. The van der Waals surface area contributed by atoms with Gasteiger partial charge in [0, 0.05) is 12.8 Å². The Morgan fingerprint density at radius 2 is 2.18 bits per heavy atom. The minimum absolute atomic E-state index is 0.575. The summed E-state index contributed by atoms with van der Waals surface area (Å²) in [6, 6.07) is 0.602. The predicted octanol–water partition coefficient (Wildman–Crippen LogP) is 3.93. The van der Waals surface area contributed by atoms with Gasteiger partial charge in [-0.2, -0.15) is 5.10 Å². The summed E-state index contributed by atoms with van der Waals surface area (Å²) in [6.07, 6.45) is 7.30. The summed E-state index contributed by atoms with van der Waals surface area (Å²) in [6.45, 7) is 5.72. The van der Waals surface area contributed by atoms with Crippen molar-refractivity contribution in [3.05, 3.63) is 16.4 Å². The Kier molecular flexibility index (Phi) is 4.62. The SMILES string of the molecule is CC(C)COCc1nn(C2CCCC2)cc1Br. The van der Waals surface area contributed by atoms with E-state index in [0.29, 0.717) is 18.6 Å². The standard InChI is InChI=1S/C13H21BrN2O/c1-10(2)8-17-9-13-12(14)7-16(15-13)11-5-3-4-6-11/h7,10-11H,3-6,8-9H2,1-2H3. The summed E-state index contributed by atoms with van der Waals surface area (Å²) in [5.41, 5.74) is 1.03. The molecular weight excluding hydrogens is 280 g/mol. The van der Waals surface area contributed by atoms with Gasteiger partial charge in [0.15, 0.2) is 0 Å². The van der Waals surface area contributed by atoms with E-state index in [1.807, 2.05) is 0 Å².